The fraction of sp³-hybridized carbons (Fsp3) is 0.364. The lowest BCUT2D eigenvalue weighted by Gasteiger charge is -2.36. The first-order valence-corrected chi connectivity index (χ1v) is 11.3. The summed E-state index contributed by atoms with van der Waals surface area (Å²) in [5, 5.41) is 16.4. The van der Waals surface area contributed by atoms with Crippen LogP contribution in [0.3, 0.4) is 0 Å². The monoisotopic (exact) mass is 437 g/mol. The first-order valence-electron chi connectivity index (χ1n) is 10.4. The standard InChI is InChI=1S/C22H23N5O3S/c28-19(9-14-5-2-1-3-6-14)24-15-10-17-21(29)23-12-16(27(17)13-15)11-20-25-26-22(30-20)18-7-4-8-31-18/h1-8,15-17H,9-13H2,(H,23,29)(H,24,28)/t15-,16+,17-/m0/s1. The van der Waals surface area contributed by atoms with E-state index >= 15 is 0 Å². The van der Waals surface area contributed by atoms with Gasteiger partial charge >= 0.3 is 0 Å². The molecule has 2 aromatic heterocycles. The molecule has 0 spiro atoms. The van der Waals surface area contributed by atoms with Crippen molar-refractivity contribution in [3.8, 4) is 10.8 Å². The molecule has 0 radical (unpaired) electrons. The average molecular weight is 438 g/mol. The second kappa shape index (κ2) is 8.60. The number of fused-ring (bicyclic) bond motifs is 1. The van der Waals surface area contributed by atoms with Gasteiger partial charge in [0, 0.05) is 31.6 Å². The minimum atomic E-state index is -0.250. The summed E-state index contributed by atoms with van der Waals surface area (Å²) in [6, 6.07) is 13.3. The van der Waals surface area contributed by atoms with Crippen molar-refractivity contribution in [2.24, 2.45) is 0 Å². The van der Waals surface area contributed by atoms with Gasteiger partial charge in [-0.15, -0.1) is 21.5 Å². The molecule has 0 bridgehead atoms. The molecule has 5 rings (SSSR count). The van der Waals surface area contributed by atoms with E-state index in [1.165, 1.54) is 0 Å². The van der Waals surface area contributed by atoms with Crippen LogP contribution < -0.4 is 10.6 Å². The van der Waals surface area contributed by atoms with Gasteiger partial charge in [-0.25, -0.2) is 0 Å². The van der Waals surface area contributed by atoms with Gasteiger partial charge in [-0.2, -0.15) is 0 Å². The Balaban J connectivity index is 1.22. The maximum atomic E-state index is 12.5. The fourth-order valence-electron chi connectivity index (χ4n) is 4.37. The molecule has 3 atom stereocenters. The van der Waals surface area contributed by atoms with Crippen LogP contribution in [0.4, 0.5) is 0 Å². The number of rotatable bonds is 6. The summed E-state index contributed by atoms with van der Waals surface area (Å²) < 4.78 is 5.84. The molecule has 1 aromatic carbocycles. The molecule has 31 heavy (non-hydrogen) atoms. The van der Waals surface area contributed by atoms with Gasteiger partial charge in [0.15, 0.2) is 0 Å². The second-order valence-corrected chi connectivity index (χ2v) is 8.90. The lowest BCUT2D eigenvalue weighted by atomic mass is 10.1. The van der Waals surface area contributed by atoms with E-state index in [2.05, 4.69) is 25.7 Å². The predicted octanol–water partition coefficient (Wildman–Crippen LogP) is 1.64. The smallest absolute Gasteiger partial charge is 0.257 e. The van der Waals surface area contributed by atoms with E-state index in [0.717, 1.165) is 10.4 Å². The minimum Gasteiger partial charge on any atom is -0.420 e. The van der Waals surface area contributed by atoms with Crippen LogP contribution in [0.25, 0.3) is 10.8 Å². The number of carbonyl (C=O) groups is 2. The third-order valence-corrected chi connectivity index (χ3v) is 6.66. The van der Waals surface area contributed by atoms with Gasteiger partial charge < -0.3 is 15.1 Å². The van der Waals surface area contributed by atoms with E-state index < -0.39 is 0 Å². The fourth-order valence-corrected chi connectivity index (χ4v) is 5.01. The average Bonchev–Trinajstić information content (AvgIpc) is 3.51. The van der Waals surface area contributed by atoms with Gasteiger partial charge in [-0.05, 0) is 23.4 Å². The maximum Gasteiger partial charge on any atom is 0.257 e. The lowest BCUT2D eigenvalue weighted by Crippen LogP contribution is -2.58. The van der Waals surface area contributed by atoms with Crippen LogP contribution in [0.2, 0.25) is 0 Å². The van der Waals surface area contributed by atoms with E-state index in [0.29, 0.717) is 44.1 Å². The third kappa shape index (κ3) is 4.38. The highest BCUT2D eigenvalue weighted by Gasteiger charge is 2.44. The van der Waals surface area contributed by atoms with Crippen molar-refractivity contribution >= 4 is 23.2 Å². The Morgan fingerprint density at radius 3 is 2.90 bits per heavy atom. The van der Waals surface area contributed by atoms with Gasteiger partial charge in [-0.1, -0.05) is 36.4 Å². The summed E-state index contributed by atoms with van der Waals surface area (Å²) >= 11 is 1.55. The molecule has 0 unspecified atom stereocenters. The molecule has 3 aromatic rings. The molecule has 160 valence electrons. The zero-order valence-electron chi connectivity index (χ0n) is 16.9. The largest absolute Gasteiger partial charge is 0.420 e. The van der Waals surface area contributed by atoms with E-state index in [4.69, 9.17) is 4.42 Å². The van der Waals surface area contributed by atoms with Crippen molar-refractivity contribution in [1.29, 1.82) is 0 Å². The zero-order chi connectivity index (χ0) is 21.2. The number of nitrogens with one attached hydrogen (secondary N) is 2. The van der Waals surface area contributed by atoms with Crippen molar-refractivity contribution in [1.82, 2.24) is 25.7 Å². The summed E-state index contributed by atoms with van der Waals surface area (Å²) in [5.74, 6) is 1.07. The van der Waals surface area contributed by atoms with Crippen LogP contribution in [-0.4, -0.2) is 58.1 Å². The Morgan fingerprint density at radius 2 is 2.10 bits per heavy atom. The Kier molecular flexibility index (Phi) is 5.52. The SMILES string of the molecule is O=C(Cc1ccccc1)N[C@H]1C[C@H]2C(=O)NC[C@@H](Cc3nnc(-c4cccs4)o3)N2C1. The highest BCUT2D eigenvalue weighted by atomic mass is 32.1. The van der Waals surface area contributed by atoms with Gasteiger partial charge in [0.2, 0.25) is 17.7 Å². The summed E-state index contributed by atoms with van der Waals surface area (Å²) in [6.45, 7) is 1.16. The van der Waals surface area contributed by atoms with Crippen LogP contribution in [0.1, 0.15) is 17.9 Å². The highest BCUT2D eigenvalue weighted by Crippen LogP contribution is 2.27. The quantitative estimate of drug-likeness (QED) is 0.608. The Hall–Kier alpha value is -3.04. The molecule has 2 fully saturated rings. The van der Waals surface area contributed by atoms with Gasteiger partial charge in [0.1, 0.15) is 0 Å². The van der Waals surface area contributed by atoms with Crippen LogP contribution in [-0.2, 0) is 22.4 Å². The van der Waals surface area contributed by atoms with Gasteiger partial charge in [0.05, 0.1) is 17.3 Å². The van der Waals surface area contributed by atoms with Crippen LogP contribution >= 0.6 is 11.3 Å². The topological polar surface area (TPSA) is 100 Å². The highest BCUT2D eigenvalue weighted by molar-refractivity contribution is 7.13. The summed E-state index contributed by atoms with van der Waals surface area (Å²) in [4.78, 5) is 28.0. The van der Waals surface area contributed by atoms with Crippen molar-refractivity contribution < 1.29 is 14.0 Å². The molecule has 0 saturated carbocycles. The van der Waals surface area contributed by atoms with E-state index in [9.17, 15) is 9.59 Å². The number of hydrogen-bond donors (Lipinski definition) is 2. The number of piperazine rings is 1. The zero-order valence-corrected chi connectivity index (χ0v) is 17.7. The molecule has 2 saturated heterocycles. The molecule has 0 aliphatic carbocycles. The lowest BCUT2D eigenvalue weighted by molar-refractivity contribution is -0.129. The van der Waals surface area contributed by atoms with Crippen LogP contribution in [0.15, 0.2) is 52.3 Å². The molecule has 2 N–H and O–H groups in total. The minimum absolute atomic E-state index is 0.0147. The number of carbonyl (C=O) groups excluding carboxylic acids is 2. The molecule has 2 amide bonds. The predicted molar refractivity (Wildman–Crippen MR) is 115 cm³/mol. The second-order valence-electron chi connectivity index (χ2n) is 7.96. The Labute approximate surface area is 183 Å². The maximum absolute atomic E-state index is 12.5. The number of thiophene rings is 1. The summed E-state index contributed by atoms with van der Waals surface area (Å²) in [7, 11) is 0. The van der Waals surface area contributed by atoms with Crippen LogP contribution in [0.5, 0.6) is 0 Å². The molecule has 9 heteroatoms. The van der Waals surface area contributed by atoms with E-state index in [-0.39, 0.29) is 29.9 Å². The molecular formula is C22H23N5O3S. The van der Waals surface area contributed by atoms with E-state index in [1.54, 1.807) is 11.3 Å². The summed E-state index contributed by atoms with van der Waals surface area (Å²) in [6.07, 6.45) is 1.50. The molecule has 8 nitrogen and oxygen atoms in total. The number of amides is 2. The van der Waals surface area contributed by atoms with Crippen LogP contribution in [0, 0.1) is 0 Å². The number of nitrogens with zero attached hydrogens (tertiary/aromatic N) is 3. The first kappa shape index (κ1) is 19.9. The van der Waals surface area contributed by atoms with Crippen molar-refractivity contribution in [3.63, 3.8) is 0 Å². The van der Waals surface area contributed by atoms with Crippen molar-refractivity contribution in [2.75, 3.05) is 13.1 Å². The Morgan fingerprint density at radius 1 is 1.23 bits per heavy atom. The molecule has 2 aliphatic rings. The molecule has 4 heterocycles. The van der Waals surface area contributed by atoms with Crippen molar-refractivity contribution in [2.45, 2.75) is 37.4 Å². The Bertz CT molecular complexity index is 1050. The number of hydrogen-bond acceptors (Lipinski definition) is 7. The molecule has 2 aliphatic heterocycles. The van der Waals surface area contributed by atoms with E-state index in [1.807, 2.05) is 47.8 Å². The first-order chi connectivity index (χ1) is 15.2. The molecular weight excluding hydrogens is 414 g/mol. The van der Waals surface area contributed by atoms with Gasteiger partial charge in [-0.3, -0.25) is 14.5 Å². The van der Waals surface area contributed by atoms with Gasteiger partial charge in [0.25, 0.3) is 5.89 Å². The third-order valence-electron chi connectivity index (χ3n) is 5.80. The number of aromatic nitrogens is 2. The normalized spacial score (nSPS) is 23.4. The summed E-state index contributed by atoms with van der Waals surface area (Å²) in [5.41, 5.74) is 0.976. The van der Waals surface area contributed by atoms with Crippen molar-refractivity contribution in [3.05, 3.63) is 59.3 Å². The number of benzene rings is 1.